The highest BCUT2D eigenvalue weighted by Gasteiger charge is 2.31. The van der Waals surface area contributed by atoms with Gasteiger partial charge in [-0.3, -0.25) is 9.59 Å². The molecule has 0 bridgehead atoms. The van der Waals surface area contributed by atoms with Gasteiger partial charge < -0.3 is 14.4 Å². The third-order valence-corrected chi connectivity index (χ3v) is 5.96. The molecule has 2 fully saturated rings. The van der Waals surface area contributed by atoms with Crippen molar-refractivity contribution in [2.75, 3.05) is 19.6 Å². The Balaban J connectivity index is 1.43. The lowest BCUT2D eigenvalue weighted by Gasteiger charge is -2.40. The number of benzene rings is 1. The van der Waals surface area contributed by atoms with E-state index in [2.05, 4.69) is 17.0 Å². The second-order valence-corrected chi connectivity index (χ2v) is 7.60. The van der Waals surface area contributed by atoms with Gasteiger partial charge in [-0.2, -0.15) is 0 Å². The van der Waals surface area contributed by atoms with Gasteiger partial charge in [-0.15, -0.1) is 0 Å². The van der Waals surface area contributed by atoms with Gasteiger partial charge in [0.1, 0.15) is 5.69 Å². The van der Waals surface area contributed by atoms with Crippen LogP contribution in [0.25, 0.3) is 11.3 Å². The van der Waals surface area contributed by atoms with Crippen LogP contribution >= 0.6 is 0 Å². The summed E-state index contributed by atoms with van der Waals surface area (Å²) in [5.41, 5.74) is 2.88. The standard InChI is InChI=1S/C22H27N3O2/c1-23-19(17-7-3-2-4-8-17)10-11-20(23)22(27)24-15-12-18(13-16-24)25-14-6-5-9-21(25)26/h2-4,7-8,10-11,18H,5-6,9,12-16H2,1H3. The summed E-state index contributed by atoms with van der Waals surface area (Å²) in [6.45, 7) is 2.33. The summed E-state index contributed by atoms with van der Waals surface area (Å²) in [6, 6.07) is 14.4. The average molecular weight is 365 g/mol. The predicted octanol–water partition coefficient (Wildman–Crippen LogP) is 3.31. The van der Waals surface area contributed by atoms with Crippen molar-refractivity contribution in [1.29, 1.82) is 0 Å². The van der Waals surface area contributed by atoms with Crippen molar-refractivity contribution >= 4 is 11.8 Å². The van der Waals surface area contributed by atoms with E-state index < -0.39 is 0 Å². The van der Waals surface area contributed by atoms with Gasteiger partial charge in [0.05, 0.1) is 0 Å². The van der Waals surface area contributed by atoms with E-state index in [1.54, 1.807) is 0 Å². The number of hydrogen-bond donors (Lipinski definition) is 0. The molecule has 5 heteroatoms. The first kappa shape index (κ1) is 17.8. The molecule has 2 saturated heterocycles. The Labute approximate surface area is 160 Å². The van der Waals surface area contributed by atoms with Gasteiger partial charge >= 0.3 is 0 Å². The lowest BCUT2D eigenvalue weighted by molar-refractivity contribution is -0.136. The van der Waals surface area contributed by atoms with Crippen LogP contribution in [0, 0.1) is 0 Å². The highest BCUT2D eigenvalue weighted by molar-refractivity contribution is 5.94. The first-order valence-corrected chi connectivity index (χ1v) is 9.95. The molecular formula is C22H27N3O2. The Kier molecular flexibility index (Phi) is 5.01. The molecule has 2 aromatic rings. The van der Waals surface area contributed by atoms with E-state index >= 15 is 0 Å². The molecular weight excluding hydrogens is 338 g/mol. The largest absolute Gasteiger partial charge is 0.340 e. The van der Waals surface area contributed by atoms with Crippen LogP contribution in [0.15, 0.2) is 42.5 Å². The van der Waals surface area contributed by atoms with E-state index in [9.17, 15) is 9.59 Å². The van der Waals surface area contributed by atoms with E-state index in [4.69, 9.17) is 0 Å². The second-order valence-electron chi connectivity index (χ2n) is 7.60. The van der Waals surface area contributed by atoms with Gasteiger partial charge in [0.2, 0.25) is 5.91 Å². The van der Waals surface area contributed by atoms with Crippen LogP contribution in [0.2, 0.25) is 0 Å². The zero-order valence-electron chi connectivity index (χ0n) is 15.9. The van der Waals surface area contributed by atoms with Gasteiger partial charge in [-0.05, 0) is 43.4 Å². The maximum atomic E-state index is 13.0. The Morgan fingerprint density at radius 1 is 0.963 bits per heavy atom. The predicted molar refractivity (Wildman–Crippen MR) is 105 cm³/mol. The summed E-state index contributed by atoms with van der Waals surface area (Å²) in [5, 5.41) is 0. The van der Waals surface area contributed by atoms with Crippen molar-refractivity contribution in [3.8, 4) is 11.3 Å². The Hall–Kier alpha value is -2.56. The lowest BCUT2D eigenvalue weighted by atomic mass is 9.99. The number of rotatable bonds is 3. The van der Waals surface area contributed by atoms with Gasteiger partial charge in [0.15, 0.2) is 0 Å². The molecule has 2 aliphatic rings. The minimum Gasteiger partial charge on any atom is -0.340 e. The van der Waals surface area contributed by atoms with E-state index in [0.29, 0.717) is 18.4 Å². The molecule has 0 aliphatic carbocycles. The van der Waals surface area contributed by atoms with Crippen LogP contribution < -0.4 is 0 Å². The number of amides is 2. The maximum absolute atomic E-state index is 13.0. The Morgan fingerprint density at radius 2 is 1.70 bits per heavy atom. The first-order valence-electron chi connectivity index (χ1n) is 9.95. The van der Waals surface area contributed by atoms with Crippen LogP contribution in [0.1, 0.15) is 42.6 Å². The summed E-state index contributed by atoms with van der Waals surface area (Å²) in [6.07, 6.45) is 4.58. The summed E-state index contributed by atoms with van der Waals surface area (Å²) in [5.74, 6) is 0.379. The van der Waals surface area contributed by atoms with Crippen molar-refractivity contribution in [2.24, 2.45) is 7.05 Å². The van der Waals surface area contributed by atoms with Gasteiger partial charge in [-0.25, -0.2) is 0 Å². The number of nitrogens with zero attached hydrogens (tertiary/aromatic N) is 3. The van der Waals surface area contributed by atoms with Crippen molar-refractivity contribution < 1.29 is 9.59 Å². The zero-order chi connectivity index (χ0) is 18.8. The molecule has 3 heterocycles. The second kappa shape index (κ2) is 7.59. The van der Waals surface area contributed by atoms with Gasteiger partial charge in [0, 0.05) is 44.8 Å². The number of carbonyl (C=O) groups is 2. The molecule has 5 nitrogen and oxygen atoms in total. The van der Waals surface area contributed by atoms with E-state index in [1.165, 1.54) is 0 Å². The summed E-state index contributed by atoms with van der Waals surface area (Å²) in [7, 11) is 1.95. The lowest BCUT2D eigenvalue weighted by Crippen LogP contribution is -2.50. The van der Waals surface area contributed by atoms with Crippen molar-refractivity contribution in [2.45, 2.75) is 38.1 Å². The summed E-state index contributed by atoms with van der Waals surface area (Å²) < 4.78 is 1.98. The Morgan fingerprint density at radius 3 is 2.41 bits per heavy atom. The third-order valence-electron chi connectivity index (χ3n) is 5.96. The van der Waals surface area contributed by atoms with Crippen LogP contribution in [0.4, 0.5) is 0 Å². The normalized spacial score (nSPS) is 18.8. The number of likely N-dealkylation sites (tertiary alicyclic amines) is 2. The van der Waals surface area contributed by atoms with Gasteiger partial charge in [-0.1, -0.05) is 30.3 Å². The average Bonchev–Trinajstić information content (AvgIpc) is 3.10. The van der Waals surface area contributed by atoms with Crippen molar-refractivity contribution in [3.63, 3.8) is 0 Å². The fourth-order valence-electron chi connectivity index (χ4n) is 4.38. The highest BCUT2D eigenvalue weighted by Crippen LogP contribution is 2.25. The molecule has 4 rings (SSSR count). The molecule has 0 spiro atoms. The maximum Gasteiger partial charge on any atom is 0.270 e. The van der Waals surface area contributed by atoms with Gasteiger partial charge in [0.25, 0.3) is 5.91 Å². The number of hydrogen-bond acceptors (Lipinski definition) is 2. The minimum absolute atomic E-state index is 0.0862. The molecule has 1 aromatic carbocycles. The number of piperidine rings is 2. The van der Waals surface area contributed by atoms with E-state index in [1.807, 2.05) is 46.8 Å². The van der Waals surface area contributed by atoms with Crippen molar-refractivity contribution in [3.05, 3.63) is 48.2 Å². The molecule has 0 radical (unpaired) electrons. The monoisotopic (exact) mass is 365 g/mol. The highest BCUT2D eigenvalue weighted by atomic mass is 16.2. The molecule has 0 unspecified atom stereocenters. The van der Waals surface area contributed by atoms with Crippen molar-refractivity contribution in [1.82, 2.24) is 14.4 Å². The molecule has 142 valence electrons. The molecule has 0 N–H and O–H groups in total. The van der Waals surface area contributed by atoms with Crippen LogP contribution in [-0.2, 0) is 11.8 Å². The molecule has 27 heavy (non-hydrogen) atoms. The first-order chi connectivity index (χ1) is 13.1. The molecule has 2 aliphatic heterocycles. The quantitative estimate of drug-likeness (QED) is 0.838. The Bertz CT molecular complexity index is 819. The summed E-state index contributed by atoms with van der Waals surface area (Å²) in [4.78, 5) is 29.2. The SMILES string of the molecule is Cn1c(C(=O)N2CCC(N3CCCCC3=O)CC2)ccc1-c1ccccc1. The molecule has 0 saturated carbocycles. The topological polar surface area (TPSA) is 45.6 Å². The van der Waals surface area contributed by atoms with Crippen LogP contribution in [-0.4, -0.2) is 51.9 Å². The molecule has 2 amide bonds. The third kappa shape index (κ3) is 3.51. The van der Waals surface area contributed by atoms with E-state index in [-0.39, 0.29) is 5.91 Å². The smallest absolute Gasteiger partial charge is 0.270 e. The number of aromatic nitrogens is 1. The molecule has 0 atom stereocenters. The zero-order valence-corrected chi connectivity index (χ0v) is 15.9. The number of carbonyl (C=O) groups excluding carboxylic acids is 2. The fraction of sp³-hybridized carbons (Fsp3) is 0.455. The summed E-state index contributed by atoms with van der Waals surface area (Å²) >= 11 is 0. The fourth-order valence-corrected chi connectivity index (χ4v) is 4.38. The van der Waals surface area contributed by atoms with Crippen LogP contribution in [0.3, 0.4) is 0 Å². The van der Waals surface area contributed by atoms with E-state index in [0.717, 1.165) is 62.3 Å². The molecule has 1 aromatic heterocycles. The van der Waals surface area contributed by atoms with Crippen LogP contribution in [0.5, 0.6) is 0 Å². The minimum atomic E-state index is 0.0862.